The lowest BCUT2D eigenvalue weighted by molar-refractivity contribution is -0.141. The van der Waals surface area contributed by atoms with Crippen LogP contribution in [0.1, 0.15) is 26.7 Å². The quantitative estimate of drug-likeness (QED) is 0.756. The van der Waals surface area contributed by atoms with E-state index in [0.717, 1.165) is 25.9 Å². The van der Waals surface area contributed by atoms with Gasteiger partial charge in [0.25, 0.3) is 0 Å². The molecule has 0 aromatic rings. The number of amides is 2. The lowest BCUT2D eigenvalue weighted by atomic mass is 10.2. The number of urea groups is 1. The number of likely N-dealkylation sites (tertiary alicyclic amines) is 1. The van der Waals surface area contributed by atoms with Crippen LogP contribution in [0.2, 0.25) is 0 Å². The summed E-state index contributed by atoms with van der Waals surface area (Å²) in [6, 6.07) is -0.754. The first-order chi connectivity index (χ1) is 8.47. The highest BCUT2D eigenvalue weighted by atomic mass is 16.4. The van der Waals surface area contributed by atoms with Gasteiger partial charge in [0, 0.05) is 19.6 Å². The summed E-state index contributed by atoms with van der Waals surface area (Å²) >= 11 is 0. The van der Waals surface area contributed by atoms with Gasteiger partial charge in [-0.25, -0.2) is 9.59 Å². The highest BCUT2D eigenvalue weighted by Crippen LogP contribution is 2.15. The van der Waals surface area contributed by atoms with Crippen molar-refractivity contribution in [2.24, 2.45) is 0 Å². The lowest BCUT2D eigenvalue weighted by Crippen LogP contribution is -2.49. The van der Waals surface area contributed by atoms with Gasteiger partial charge in [0.2, 0.25) is 0 Å². The molecule has 2 atom stereocenters. The summed E-state index contributed by atoms with van der Waals surface area (Å²) in [5.74, 6) is -0.997. The summed E-state index contributed by atoms with van der Waals surface area (Å²) in [4.78, 5) is 26.1. The standard InChI is InChI=1S/C12H23N3O3/c1-4-15-7-5-6-10(15)8-13-12(18)14(3)9(2)11(16)17/h9-10H,4-8H2,1-3H3,(H,13,18)(H,16,17). The Bertz CT molecular complexity index is 309. The Kier molecular flexibility index (Phi) is 5.40. The normalized spacial score (nSPS) is 21.6. The van der Waals surface area contributed by atoms with Crippen molar-refractivity contribution >= 4 is 12.0 Å². The number of rotatable bonds is 5. The molecule has 0 saturated carbocycles. The van der Waals surface area contributed by atoms with Gasteiger partial charge in [0.1, 0.15) is 6.04 Å². The minimum absolute atomic E-state index is 0.326. The summed E-state index contributed by atoms with van der Waals surface area (Å²) in [5, 5.41) is 11.6. The molecule has 0 aromatic heterocycles. The summed E-state index contributed by atoms with van der Waals surface area (Å²) in [6.45, 7) is 6.26. The average molecular weight is 257 g/mol. The Hall–Kier alpha value is -1.30. The fourth-order valence-corrected chi connectivity index (χ4v) is 2.21. The second kappa shape index (κ2) is 6.58. The van der Waals surface area contributed by atoms with Crippen LogP contribution in [-0.2, 0) is 4.79 Å². The molecular weight excluding hydrogens is 234 g/mol. The van der Waals surface area contributed by atoms with Crippen molar-refractivity contribution < 1.29 is 14.7 Å². The minimum atomic E-state index is -0.997. The van der Waals surface area contributed by atoms with Crippen LogP contribution >= 0.6 is 0 Å². The van der Waals surface area contributed by atoms with Gasteiger partial charge < -0.3 is 15.3 Å². The molecule has 0 aromatic carbocycles. The van der Waals surface area contributed by atoms with Crippen molar-refractivity contribution in [2.45, 2.75) is 38.8 Å². The van der Waals surface area contributed by atoms with Crippen LogP contribution in [0.4, 0.5) is 4.79 Å². The fraction of sp³-hybridized carbons (Fsp3) is 0.833. The van der Waals surface area contributed by atoms with Crippen LogP contribution in [0.15, 0.2) is 0 Å². The lowest BCUT2D eigenvalue weighted by Gasteiger charge is -2.26. The van der Waals surface area contributed by atoms with E-state index in [1.54, 1.807) is 0 Å². The first-order valence-corrected chi connectivity index (χ1v) is 6.44. The molecule has 1 rings (SSSR count). The molecule has 6 nitrogen and oxygen atoms in total. The Labute approximate surface area is 108 Å². The number of nitrogens with one attached hydrogen (secondary N) is 1. The highest BCUT2D eigenvalue weighted by molar-refractivity contribution is 5.82. The number of likely N-dealkylation sites (N-methyl/N-ethyl adjacent to an activating group) is 2. The summed E-state index contributed by atoms with van der Waals surface area (Å²) < 4.78 is 0. The third-order valence-electron chi connectivity index (χ3n) is 3.65. The molecule has 2 N–H and O–H groups in total. The van der Waals surface area contributed by atoms with Gasteiger partial charge >= 0.3 is 12.0 Å². The van der Waals surface area contributed by atoms with Crippen molar-refractivity contribution in [1.29, 1.82) is 0 Å². The molecule has 2 amide bonds. The zero-order valence-electron chi connectivity index (χ0n) is 11.3. The molecule has 104 valence electrons. The number of nitrogens with zero attached hydrogens (tertiary/aromatic N) is 2. The molecular formula is C12H23N3O3. The molecule has 6 heteroatoms. The number of hydrogen-bond donors (Lipinski definition) is 2. The van der Waals surface area contributed by atoms with Gasteiger partial charge in [-0.05, 0) is 32.9 Å². The van der Waals surface area contributed by atoms with Gasteiger partial charge in [0.05, 0.1) is 0 Å². The van der Waals surface area contributed by atoms with Gasteiger partial charge in [-0.15, -0.1) is 0 Å². The Morgan fingerprint density at radius 2 is 2.22 bits per heavy atom. The molecule has 0 spiro atoms. The van der Waals surface area contributed by atoms with E-state index in [2.05, 4.69) is 17.1 Å². The Morgan fingerprint density at radius 1 is 1.56 bits per heavy atom. The van der Waals surface area contributed by atoms with E-state index in [0.29, 0.717) is 12.6 Å². The van der Waals surface area contributed by atoms with Crippen molar-refractivity contribution in [3.63, 3.8) is 0 Å². The van der Waals surface area contributed by atoms with Crippen LogP contribution in [0.3, 0.4) is 0 Å². The van der Waals surface area contributed by atoms with Crippen molar-refractivity contribution in [2.75, 3.05) is 26.7 Å². The highest BCUT2D eigenvalue weighted by Gasteiger charge is 2.25. The second-order valence-corrected chi connectivity index (χ2v) is 4.74. The molecule has 0 aliphatic carbocycles. The van der Waals surface area contributed by atoms with Crippen LogP contribution in [-0.4, -0.2) is 65.7 Å². The molecule has 0 radical (unpaired) electrons. The smallest absolute Gasteiger partial charge is 0.326 e. The number of carbonyl (C=O) groups excluding carboxylic acids is 1. The Morgan fingerprint density at radius 3 is 2.78 bits per heavy atom. The van der Waals surface area contributed by atoms with E-state index in [-0.39, 0.29) is 6.03 Å². The second-order valence-electron chi connectivity index (χ2n) is 4.74. The van der Waals surface area contributed by atoms with E-state index >= 15 is 0 Å². The maximum atomic E-state index is 11.8. The van der Waals surface area contributed by atoms with Crippen LogP contribution in [0, 0.1) is 0 Å². The molecule has 0 bridgehead atoms. The molecule has 1 aliphatic heterocycles. The number of carboxylic acid groups (broad SMARTS) is 1. The van der Waals surface area contributed by atoms with Crippen molar-refractivity contribution in [1.82, 2.24) is 15.1 Å². The van der Waals surface area contributed by atoms with E-state index in [4.69, 9.17) is 5.11 Å². The summed E-state index contributed by atoms with van der Waals surface area (Å²) in [7, 11) is 1.50. The first-order valence-electron chi connectivity index (χ1n) is 6.44. The third-order valence-corrected chi connectivity index (χ3v) is 3.65. The summed E-state index contributed by atoms with van der Waals surface area (Å²) in [6.07, 6.45) is 2.25. The van der Waals surface area contributed by atoms with E-state index in [1.807, 2.05) is 0 Å². The SMILES string of the molecule is CCN1CCCC1CNC(=O)N(C)C(C)C(=O)O. The Balaban J connectivity index is 2.38. The summed E-state index contributed by atoms with van der Waals surface area (Å²) in [5.41, 5.74) is 0. The average Bonchev–Trinajstić information content (AvgIpc) is 2.81. The van der Waals surface area contributed by atoms with Crippen molar-refractivity contribution in [3.8, 4) is 0 Å². The molecule has 1 heterocycles. The van der Waals surface area contributed by atoms with E-state index < -0.39 is 12.0 Å². The van der Waals surface area contributed by atoms with Crippen molar-refractivity contribution in [3.05, 3.63) is 0 Å². The minimum Gasteiger partial charge on any atom is -0.480 e. The van der Waals surface area contributed by atoms with E-state index in [9.17, 15) is 9.59 Å². The molecule has 1 fully saturated rings. The van der Waals surface area contributed by atoms with Gasteiger partial charge in [-0.3, -0.25) is 4.90 Å². The van der Waals surface area contributed by atoms with Crippen LogP contribution < -0.4 is 5.32 Å². The topological polar surface area (TPSA) is 72.9 Å². The zero-order valence-corrected chi connectivity index (χ0v) is 11.3. The molecule has 1 saturated heterocycles. The third kappa shape index (κ3) is 3.60. The molecule has 1 aliphatic rings. The van der Waals surface area contributed by atoms with Crippen LogP contribution in [0.5, 0.6) is 0 Å². The van der Waals surface area contributed by atoms with Gasteiger partial charge in [-0.2, -0.15) is 0 Å². The predicted molar refractivity (Wildman–Crippen MR) is 68.5 cm³/mol. The van der Waals surface area contributed by atoms with E-state index in [1.165, 1.54) is 18.9 Å². The maximum Gasteiger partial charge on any atom is 0.326 e. The number of carbonyl (C=O) groups is 2. The fourth-order valence-electron chi connectivity index (χ4n) is 2.21. The molecule has 18 heavy (non-hydrogen) atoms. The monoisotopic (exact) mass is 257 g/mol. The maximum absolute atomic E-state index is 11.8. The number of aliphatic carboxylic acids is 1. The number of hydrogen-bond acceptors (Lipinski definition) is 3. The molecule has 2 unspecified atom stereocenters. The zero-order chi connectivity index (χ0) is 13.7. The first kappa shape index (κ1) is 14.8. The largest absolute Gasteiger partial charge is 0.480 e. The number of carboxylic acids is 1. The van der Waals surface area contributed by atoms with Gasteiger partial charge in [-0.1, -0.05) is 6.92 Å². The predicted octanol–water partition coefficient (Wildman–Crippen LogP) is 0.585. The van der Waals surface area contributed by atoms with Gasteiger partial charge in [0.15, 0.2) is 0 Å². The van der Waals surface area contributed by atoms with Crippen LogP contribution in [0.25, 0.3) is 0 Å².